The van der Waals surface area contributed by atoms with Gasteiger partial charge in [0.05, 0.1) is 4.90 Å². The summed E-state index contributed by atoms with van der Waals surface area (Å²) in [5.41, 5.74) is 6.72. The average Bonchev–Trinajstić information content (AvgIpc) is 3.30. The number of hydrogen-bond donors (Lipinski definition) is 4. The molecular formula is C22H20N4O5S2. The van der Waals surface area contributed by atoms with Crippen molar-refractivity contribution < 1.29 is 22.7 Å². The first kappa shape index (κ1) is 22.4. The number of carbonyl (C=O) groups excluding carboxylic acids is 1. The highest BCUT2D eigenvalue weighted by Gasteiger charge is 2.15. The summed E-state index contributed by atoms with van der Waals surface area (Å²) in [6.45, 7) is 0.632. The highest BCUT2D eigenvalue weighted by molar-refractivity contribution is 7.92. The first-order chi connectivity index (χ1) is 15.9. The Balaban J connectivity index is 1.26. The van der Waals surface area contributed by atoms with Crippen LogP contribution in [0.1, 0.15) is 15.9 Å². The number of hydrazine groups is 1. The van der Waals surface area contributed by atoms with Crippen LogP contribution in [0, 0.1) is 0 Å². The average molecular weight is 485 g/mol. The molecule has 9 nitrogen and oxygen atoms in total. The second-order valence-electron chi connectivity index (χ2n) is 6.95. The van der Waals surface area contributed by atoms with E-state index in [2.05, 4.69) is 20.9 Å². The van der Waals surface area contributed by atoms with E-state index in [1.807, 2.05) is 18.2 Å². The molecule has 1 aliphatic rings. The number of hydrogen-bond acceptors (Lipinski definition) is 6. The van der Waals surface area contributed by atoms with Gasteiger partial charge in [-0.15, -0.1) is 0 Å². The molecule has 0 fully saturated rings. The van der Waals surface area contributed by atoms with Gasteiger partial charge in [-0.3, -0.25) is 20.4 Å². The Morgan fingerprint density at radius 3 is 2.39 bits per heavy atom. The quantitative estimate of drug-likeness (QED) is 0.312. The van der Waals surface area contributed by atoms with Gasteiger partial charge in [-0.1, -0.05) is 24.3 Å². The number of sulfonamides is 1. The van der Waals surface area contributed by atoms with Crippen molar-refractivity contribution in [1.82, 2.24) is 16.2 Å². The molecule has 0 radical (unpaired) electrons. The van der Waals surface area contributed by atoms with Crippen LogP contribution in [0.25, 0.3) is 0 Å². The van der Waals surface area contributed by atoms with Gasteiger partial charge in [0.15, 0.2) is 16.6 Å². The zero-order chi connectivity index (χ0) is 23.3. The van der Waals surface area contributed by atoms with Crippen molar-refractivity contribution in [3.8, 4) is 11.5 Å². The van der Waals surface area contributed by atoms with Crippen LogP contribution >= 0.6 is 12.2 Å². The van der Waals surface area contributed by atoms with Gasteiger partial charge < -0.3 is 14.8 Å². The van der Waals surface area contributed by atoms with Crippen molar-refractivity contribution in [3.05, 3.63) is 83.9 Å². The molecule has 3 aromatic rings. The van der Waals surface area contributed by atoms with Crippen LogP contribution in [0.5, 0.6) is 11.5 Å². The van der Waals surface area contributed by atoms with Crippen molar-refractivity contribution in [1.29, 1.82) is 0 Å². The zero-order valence-corrected chi connectivity index (χ0v) is 18.8. The summed E-state index contributed by atoms with van der Waals surface area (Å²) in [5.74, 6) is 0.946. The molecule has 3 aromatic carbocycles. The molecule has 4 N–H and O–H groups in total. The van der Waals surface area contributed by atoms with E-state index in [1.54, 1.807) is 18.2 Å². The Kier molecular flexibility index (Phi) is 6.61. The van der Waals surface area contributed by atoms with E-state index < -0.39 is 15.9 Å². The first-order valence-corrected chi connectivity index (χ1v) is 11.7. The van der Waals surface area contributed by atoms with Crippen molar-refractivity contribution in [2.75, 3.05) is 11.5 Å². The summed E-state index contributed by atoms with van der Waals surface area (Å²) in [6.07, 6.45) is 0. The van der Waals surface area contributed by atoms with Gasteiger partial charge in [0, 0.05) is 17.8 Å². The number of amides is 1. The third kappa shape index (κ3) is 5.70. The van der Waals surface area contributed by atoms with Gasteiger partial charge in [-0.05, 0) is 66.3 Å². The maximum atomic E-state index is 12.4. The first-order valence-electron chi connectivity index (χ1n) is 9.81. The molecule has 0 atom stereocenters. The van der Waals surface area contributed by atoms with E-state index in [0.29, 0.717) is 29.3 Å². The van der Waals surface area contributed by atoms with Crippen LogP contribution in [0.3, 0.4) is 0 Å². The largest absolute Gasteiger partial charge is 0.454 e. The third-order valence-electron chi connectivity index (χ3n) is 4.63. The molecule has 0 spiro atoms. The van der Waals surface area contributed by atoms with E-state index in [0.717, 1.165) is 5.56 Å². The Labute approximate surface area is 196 Å². The summed E-state index contributed by atoms with van der Waals surface area (Å²) in [7, 11) is -3.70. The van der Waals surface area contributed by atoms with E-state index in [4.69, 9.17) is 21.7 Å². The molecule has 1 heterocycles. The van der Waals surface area contributed by atoms with Crippen molar-refractivity contribution in [2.24, 2.45) is 0 Å². The minimum Gasteiger partial charge on any atom is -0.454 e. The molecule has 11 heteroatoms. The van der Waals surface area contributed by atoms with Crippen LogP contribution in [0.4, 0.5) is 5.69 Å². The number of thiocarbonyl (C=S) groups is 1. The molecule has 0 bridgehead atoms. The number of fused-ring (bicyclic) bond motifs is 1. The summed E-state index contributed by atoms with van der Waals surface area (Å²) >= 11 is 5.18. The molecular weight excluding hydrogens is 464 g/mol. The maximum absolute atomic E-state index is 12.4. The minimum atomic E-state index is -3.70. The monoisotopic (exact) mass is 484 g/mol. The van der Waals surface area contributed by atoms with Gasteiger partial charge in [0.1, 0.15) is 0 Å². The number of benzene rings is 3. The van der Waals surface area contributed by atoms with Gasteiger partial charge in [0.2, 0.25) is 6.79 Å². The lowest BCUT2D eigenvalue weighted by Gasteiger charge is -2.12. The fourth-order valence-electron chi connectivity index (χ4n) is 2.97. The van der Waals surface area contributed by atoms with Gasteiger partial charge in [0.25, 0.3) is 15.9 Å². The Bertz CT molecular complexity index is 1270. The van der Waals surface area contributed by atoms with Gasteiger partial charge >= 0.3 is 0 Å². The lowest BCUT2D eigenvalue weighted by molar-refractivity contribution is 0.0943. The van der Waals surface area contributed by atoms with Crippen molar-refractivity contribution in [3.63, 3.8) is 0 Å². The number of anilines is 1. The predicted molar refractivity (Wildman–Crippen MR) is 126 cm³/mol. The number of ether oxygens (including phenoxy) is 2. The Morgan fingerprint density at radius 1 is 0.909 bits per heavy atom. The van der Waals surface area contributed by atoms with E-state index in [9.17, 15) is 13.2 Å². The van der Waals surface area contributed by atoms with Crippen LogP contribution in [0.2, 0.25) is 0 Å². The van der Waals surface area contributed by atoms with Crippen LogP contribution in [-0.2, 0) is 16.6 Å². The Morgan fingerprint density at radius 2 is 1.64 bits per heavy atom. The Hall–Kier alpha value is -3.83. The molecule has 1 aliphatic heterocycles. The summed E-state index contributed by atoms with van der Waals surface area (Å²) in [5, 5.41) is 3.21. The number of rotatable bonds is 6. The zero-order valence-electron chi connectivity index (χ0n) is 17.2. The molecule has 170 valence electrons. The number of carbonyl (C=O) groups is 1. The second kappa shape index (κ2) is 9.76. The predicted octanol–water partition coefficient (Wildman–Crippen LogP) is 2.53. The lowest BCUT2D eigenvalue weighted by Crippen LogP contribution is -2.46. The minimum absolute atomic E-state index is 0.151. The molecule has 33 heavy (non-hydrogen) atoms. The highest BCUT2D eigenvalue weighted by Crippen LogP contribution is 2.32. The fourth-order valence-corrected chi connectivity index (χ4v) is 4.17. The molecule has 0 unspecified atom stereocenters. The number of nitrogens with one attached hydrogen (secondary N) is 4. The van der Waals surface area contributed by atoms with E-state index >= 15 is 0 Å². The second-order valence-corrected chi connectivity index (χ2v) is 9.04. The fraction of sp³-hybridized carbons (Fsp3) is 0.0909. The SMILES string of the molecule is O=C(NNC(=S)NCc1ccc2c(c1)OCO2)c1ccc(NS(=O)(=O)c2ccccc2)cc1. The molecule has 0 saturated heterocycles. The summed E-state index contributed by atoms with van der Waals surface area (Å²) in [6, 6.07) is 19.6. The van der Waals surface area contributed by atoms with Crippen LogP contribution in [-0.4, -0.2) is 26.2 Å². The van der Waals surface area contributed by atoms with E-state index in [1.165, 1.54) is 36.4 Å². The third-order valence-corrected chi connectivity index (χ3v) is 6.28. The molecule has 0 saturated carbocycles. The topological polar surface area (TPSA) is 118 Å². The maximum Gasteiger partial charge on any atom is 0.269 e. The van der Waals surface area contributed by atoms with E-state index in [-0.39, 0.29) is 16.8 Å². The highest BCUT2D eigenvalue weighted by atomic mass is 32.2. The molecule has 4 rings (SSSR count). The summed E-state index contributed by atoms with van der Waals surface area (Å²) < 4.78 is 37.9. The lowest BCUT2D eigenvalue weighted by atomic mass is 10.2. The summed E-state index contributed by atoms with van der Waals surface area (Å²) in [4.78, 5) is 12.5. The van der Waals surface area contributed by atoms with Gasteiger partial charge in [-0.2, -0.15) is 0 Å². The van der Waals surface area contributed by atoms with Gasteiger partial charge in [-0.25, -0.2) is 8.42 Å². The van der Waals surface area contributed by atoms with Crippen molar-refractivity contribution >= 4 is 38.9 Å². The molecule has 0 aliphatic carbocycles. The normalized spacial score (nSPS) is 12.0. The van der Waals surface area contributed by atoms with Crippen LogP contribution in [0.15, 0.2) is 77.7 Å². The standard InChI is InChI=1S/C22H20N4O5S2/c27-21(24-25-22(32)23-13-15-6-11-19-20(12-15)31-14-30-19)16-7-9-17(10-8-16)26-33(28,29)18-4-2-1-3-5-18/h1-12,26H,13-14H2,(H,24,27)(H2,23,25,32). The molecule has 1 amide bonds. The smallest absolute Gasteiger partial charge is 0.269 e. The van der Waals surface area contributed by atoms with Crippen LogP contribution < -0.4 is 30.4 Å². The van der Waals surface area contributed by atoms with Crippen molar-refractivity contribution in [2.45, 2.75) is 11.4 Å². The molecule has 0 aromatic heterocycles.